The number of carbonyl (C=O) groups is 2. The molecule has 1 aliphatic heterocycles. The number of hydrogen-bond acceptors (Lipinski definition) is 6. The quantitative estimate of drug-likeness (QED) is 0.320. The largest absolute Gasteiger partial charge is 0.438 e. The molecule has 3 atom stereocenters. The van der Waals surface area contributed by atoms with Crippen LogP contribution >= 0.6 is 0 Å². The zero-order valence-corrected chi connectivity index (χ0v) is 23.7. The summed E-state index contributed by atoms with van der Waals surface area (Å²) in [6, 6.07) is 2.87. The highest BCUT2D eigenvalue weighted by Crippen LogP contribution is 2.54. The number of fused-ring (bicyclic) bond motifs is 1. The van der Waals surface area contributed by atoms with Crippen molar-refractivity contribution in [1.82, 2.24) is 30.3 Å². The van der Waals surface area contributed by atoms with Crippen molar-refractivity contribution in [3.8, 4) is 0 Å². The van der Waals surface area contributed by atoms with Crippen LogP contribution in [-0.4, -0.2) is 64.1 Å². The number of amides is 3. The fourth-order valence-electron chi connectivity index (χ4n) is 6.17. The van der Waals surface area contributed by atoms with Crippen LogP contribution < -0.4 is 10.6 Å². The van der Waals surface area contributed by atoms with Crippen molar-refractivity contribution in [1.29, 1.82) is 0 Å². The van der Waals surface area contributed by atoms with E-state index in [0.29, 0.717) is 40.1 Å². The Labute approximate surface area is 241 Å². The van der Waals surface area contributed by atoms with Crippen LogP contribution in [0, 0.1) is 17.8 Å². The molecule has 3 fully saturated rings. The number of aromatic nitrogens is 3. The highest BCUT2D eigenvalue weighted by molar-refractivity contribution is 5.92. The van der Waals surface area contributed by atoms with Gasteiger partial charge in [0, 0.05) is 19.3 Å². The van der Waals surface area contributed by atoms with Crippen molar-refractivity contribution >= 4 is 23.0 Å². The van der Waals surface area contributed by atoms with E-state index in [1.807, 2.05) is 19.2 Å². The van der Waals surface area contributed by atoms with Crippen molar-refractivity contribution in [2.24, 2.45) is 17.8 Å². The van der Waals surface area contributed by atoms with Crippen LogP contribution in [0.5, 0.6) is 0 Å². The van der Waals surface area contributed by atoms with Crippen LogP contribution in [0.2, 0.25) is 0 Å². The molecule has 0 bridgehead atoms. The van der Waals surface area contributed by atoms with Gasteiger partial charge in [-0.15, -0.1) is 0 Å². The molecule has 1 saturated heterocycles. The molecule has 10 nitrogen and oxygen atoms in total. The third-order valence-electron chi connectivity index (χ3n) is 8.51. The maximum absolute atomic E-state index is 13.5. The zero-order valence-electron chi connectivity index (χ0n) is 23.7. The molecule has 0 unspecified atom stereocenters. The van der Waals surface area contributed by atoms with Crippen molar-refractivity contribution in [2.75, 3.05) is 20.3 Å². The first-order chi connectivity index (χ1) is 20.0. The fraction of sp³-hybridized carbons (Fsp3) is 0.586. The van der Waals surface area contributed by atoms with E-state index in [9.17, 15) is 22.8 Å². The average Bonchev–Trinajstić information content (AvgIpc) is 3.81. The molecule has 2 aromatic heterocycles. The smallest absolute Gasteiger partial charge is 0.410 e. The number of benzene rings is 1. The molecule has 3 amide bonds. The summed E-state index contributed by atoms with van der Waals surface area (Å²) in [6.45, 7) is 3.40. The maximum Gasteiger partial charge on any atom is 0.410 e. The minimum atomic E-state index is -4.56. The van der Waals surface area contributed by atoms with E-state index < -0.39 is 36.9 Å². The summed E-state index contributed by atoms with van der Waals surface area (Å²) in [5.74, 6) is 1.29. The molecule has 0 spiro atoms. The number of urea groups is 1. The minimum absolute atomic E-state index is 0.00185. The van der Waals surface area contributed by atoms with E-state index in [2.05, 4.69) is 10.4 Å². The highest BCUT2D eigenvalue weighted by atomic mass is 19.4. The molecule has 1 aromatic carbocycles. The second-order valence-electron chi connectivity index (χ2n) is 11.9. The Kier molecular flexibility index (Phi) is 7.40. The molecule has 3 aliphatic rings. The monoisotopic (exact) mass is 588 g/mol. The summed E-state index contributed by atoms with van der Waals surface area (Å²) in [6.07, 6.45) is 1.43. The van der Waals surface area contributed by atoms with Gasteiger partial charge in [-0.05, 0) is 81.0 Å². The van der Waals surface area contributed by atoms with E-state index in [0.717, 1.165) is 30.6 Å². The number of alkyl halides is 3. The average molecular weight is 589 g/mol. The van der Waals surface area contributed by atoms with Gasteiger partial charge in [0.2, 0.25) is 5.89 Å². The molecule has 3 heterocycles. The van der Waals surface area contributed by atoms with Gasteiger partial charge in [0.05, 0.1) is 19.2 Å². The van der Waals surface area contributed by atoms with Crippen LogP contribution in [-0.2, 0) is 4.74 Å². The van der Waals surface area contributed by atoms with Crippen molar-refractivity contribution in [3.05, 3.63) is 47.6 Å². The van der Waals surface area contributed by atoms with Crippen molar-refractivity contribution < 1.29 is 31.9 Å². The SMILES string of the molecule is COC[C@H](c1ccc2oc([C@@H](NC(=O)c3ccnn3C(C)C)C(C3CC3)C3CC3)nc2c1)N1C[C@@H](C(F)(F)F)NC1=O. The Balaban J connectivity index is 1.32. The first-order valence-electron chi connectivity index (χ1n) is 14.4. The van der Waals surface area contributed by atoms with Gasteiger partial charge in [0.1, 0.15) is 23.3 Å². The minimum Gasteiger partial charge on any atom is -0.438 e. The van der Waals surface area contributed by atoms with Crippen molar-refractivity contribution in [3.63, 3.8) is 0 Å². The number of carbonyl (C=O) groups excluding carboxylic acids is 2. The summed E-state index contributed by atoms with van der Waals surface area (Å²) in [5, 5.41) is 9.54. The molecular formula is C29H35F3N6O4. The molecule has 3 aromatic rings. The Bertz CT molecular complexity index is 1450. The van der Waals surface area contributed by atoms with Gasteiger partial charge in [0.15, 0.2) is 5.58 Å². The molecule has 2 aliphatic carbocycles. The number of ether oxygens (including phenoxy) is 1. The van der Waals surface area contributed by atoms with E-state index in [4.69, 9.17) is 14.1 Å². The van der Waals surface area contributed by atoms with E-state index in [-0.39, 0.29) is 24.5 Å². The Morgan fingerprint density at radius 1 is 1.19 bits per heavy atom. The molecule has 2 saturated carbocycles. The number of oxazole rings is 1. The van der Waals surface area contributed by atoms with E-state index in [1.165, 1.54) is 7.11 Å². The lowest BCUT2D eigenvalue weighted by Gasteiger charge is -2.27. The predicted octanol–water partition coefficient (Wildman–Crippen LogP) is 5.16. The normalized spacial score (nSPS) is 20.9. The van der Waals surface area contributed by atoms with E-state index >= 15 is 0 Å². The maximum atomic E-state index is 13.5. The number of rotatable bonds is 11. The predicted molar refractivity (Wildman–Crippen MR) is 145 cm³/mol. The topological polar surface area (TPSA) is 115 Å². The number of nitrogens with zero attached hydrogens (tertiary/aromatic N) is 4. The number of nitrogens with one attached hydrogen (secondary N) is 2. The van der Waals surface area contributed by atoms with Crippen LogP contribution in [0.1, 0.15) is 79.6 Å². The second-order valence-corrected chi connectivity index (χ2v) is 11.9. The first kappa shape index (κ1) is 28.5. The third-order valence-corrected chi connectivity index (χ3v) is 8.51. The summed E-state index contributed by atoms with van der Waals surface area (Å²) in [7, 11) is 1.43. The van der Waals surface area contributed by atoms with Gasteiger partial charge in [-0.25, -0.2) is 9.78 Å². The van der Waals surface area contributed by atoms with Gasteiger partial charge in [0.25, 0.3) is 5.91 Å². The van der Waals surface area contributed by atoms with Gasteiger partial charge in [-0.3, -0.25) is 9.48 Å². The standard InChI is InChI=1S/C29H35F3N6O4/c1-15(2)38-20(10-11-33-38)26(39)36-25(24(16-4-5-16)17-6-7-17)27-34-19-12-18(8-9-22(19)42-27)21(14-41-3)37-13-23(29(30,31)32)35-28(37)40/h8-12,15-17,21,23-25H,4-7,13-14H2,1-3H3,(H,35,40)(H,36,39)/t21-,23+,25+/m1/s1. The molecule has 13 heteroatoms. The van der Waals surface area contributed by atoms with Crippen LogP contribution in [0.3, 0.4) is 0 Å². The van der Waals surface area contributed by atoms with Crippen LogP contribution in [0.15, 0.2) is 34.9 Å². The fourth-order valence-corrected chi connectivity index (χ4v) is 6.17. The van der Waals surface area contributed by atoms with Gasteiger partial charge >= 0.3 is 12.2 Å². The molecule has 2 N–H and O–H groups in total. The van der Waals surface area contributed by atoms with Gasteiger partial charge in [-0.1, -0.05) is 6.07 Å². The van der Waals surface area contributed by atoms with Gasteiger partial charge in [-0.2, -0.15) is 18.3 Å². The lowest BCUT2D eigenvalue weighted by molar-refractivity contribution is -0.150. The van der Waals surface area contributed by atoms with Crippen LogP contribution in [0.4, 0.5) is 18.0 Å². The molecule has 226 valence electrons. The number of hydrogen-bond donors (Lipinski definition) is 2. The zero-order chi connectivity index (χ0) is 29.8. The third kappa shape index (κ3) is 5.58. The lowest BCUT2D eigenvalue weighted by Crippen LogP contribution is -2.40. The molecular weight excluding hydrogens is 553 g/mol. The summed E-state index contributed by atoms with van der Waals surface area (Å²) >= 11 is 0. The first-order valence-corrected chi connectivity index (χ1v) is 14.4. The molecule has 0 radical (unpaired) electrons. The van der Waals surface area contributed by atoms with Crippen molar-refractivity contribution in [2.45, 2.75) is 69.9 Å². The lowest BCUT2D eigenvalue weighted by atomic mass is 9.89. The molecule has 6 rings (SSSR count). The Morgan fingerprint density at radius 2 is 1.90 bits per heavy atom. The number of halogens is 3. The van der Waals surface area contributed by atoms with Crippen LogP contribution in [0.25, 0.3) is 11.1 Å². The summed E-state index contributed by atoms with van der Waals surface area (Å²) in [5.41, 5.74) is 2.01. The second kappa shape index (κ2) is 10.9. The Hall–Kier alpha value is -3.61. The van der Waals surface area contributed by atoms with E-state index in [1.54, 1.807) is 35.1 Å². The summed E-state index contributed by atoms with van der Waals surface area (Å²) < 4.78 is 53.3. The summed E-state index contributed by atoms with van der Waals surface area (Å²) in [4.78, 5) is 32.0. The number of methoxy groups -OCH3 is 1. The molecule has 42 heavy (non-hydrogen) atoms. The Morgan fingerprint density at radius 3 is 2.50 bits per heavy atom. The van der Waals surface area contributed by atoms with Gasteiger partial charge < -0.3 is 24.7 Å². The highest BCUT2D eigenvalue weighted by Gasteiger charge is 2.49.